The lowest BCUT2D eigenvalue weighted by atomic mass is 9.97. The third-order valence-corrected chi connectivity index (χ3v) is 4.28. The van der Waals surface area contributed by atoms with Crippen molar-refractivity contribution in [1.29, 1.82) is 0 Å². The first kappa shape index (κ1) is 16.0. The van der Waals surface area contributed by atoms with E-state index in [9.17, 15) is 0 Å². The molecular formula is C16H26N4S. The van der Waals surface area contributed by atoms with E-state index in [-0.39, 0.29) is 5.41 Å². The SMILES string of the molecule is CCCNc1nc(NCC(C)(C)C)c2cc(CC)sc2n1. The van der Waals surface area contributed by atoms with Crippen LogP contribution in [0.25, 0.3) is 10.2 Å². The van der Waals surface area contributed by atoms with Gasteiger partial charge < -0.3 is 10.6 Å². The van der Waals surface area contributed by atoms with E-state index in [0.717, 1.165) is 47.9 Å². The Labute approximate surface area is 131 Å². The molecule has 0 atom stereocenters. The molecule has 0 radical (unpaired) electrons. The third kappa shape index (κ3) is 4.30. The van der Waals surface area contributed by atoms with E-state index in [1.807, 2.05) is 0 Å². The Bertz CT molecular complexity index is 598. The van der Waals surface area contributed by atoms with Gasteiger partial charge in [-0.05, 0) is 24.3 Å². The normalized spacial score (nSPS) is 11.9. The van der Waals surface area contributed by atoms with Gasteiger partial charge in [-0.1, -0.05) is 34.6 Å². The third-order valence-electron chi connectivity index (χ3n) is 3.11. The maximum Gasteiger partial charge on any atom is 0.226 e. The van der Waals surface area contributed by atoms with E-state index in [4.69, 9.17) is 0 Å². The number of hydrogen-bond acceptors (Lipinski definition) is 5. The number of fused-ring (bicyclic) bond motifs is 1. The molecular weight excluding hydrogens is 280 g/mol. The molecule has 5 heteroatoms. The second kappa shape index (κ2) is 6.60. The van der Waals surface area contributed by atoms with E-state index in [1.54, 1.807) is 11.3 Å². The smallest absolute Gasteiger partial charge is 0.226 e. The molecule has 0 fully saturated rings. The highest BCUT2D eigenvalue weighted by Gasteiger charge is 2.14. The summed E-state index contributed by atoms with van der Waals surface area (Å²) < 4.78 is 0. The van der Waals surface area contributed by atoms with Crippen molar-refractivity contribution in [1.82, 2.24) is 9.97 Å². The van der Waals surface area contributed by atoms with Crippen LogP contribution in [0.5, 0.6) is 0 Å². The van der Waals surface area contributed by atoms with Crippen molar-refractivity contribution >= 4 is 33.3 Å². The van der Waals surface area contributed by atoms with Crippen LogP contribution in [0, 0.1) is 5.41 Å². The predicted molar refractivity (Wildman–Crippen MR) is 93.5 cm³/mol. The molecule has 2 aromatic rings. The minimum Gasteiger partial charge on any atom is -0.369 e. The number of aromatic nitrogens is 2. The summed E-state index contributed by atoms with van der Waals surface area (Å²) in [6, 6.07) is 2.22. The van der Waals surface area contributed by atoms with Gasteiger partial charge in [0.05, 0.1) is 5.39 Å². The molecule has 0 amide bonds. The maximum atomic E-state index is 4.66. The fraction of sp³-hybridized carbons (Fsp3) is 0.625. The largest absolute Gasteiger partial charge is 0.369 e. The Hall–Kier alpha value is -1.36. The van der Waals surface area contributed by atoms with Gasteiger partial charge >= 0.3 is 0 Å². The first-order valence-corrected chi connectivity index (χ1v) is 8.52. The summed E-state index contributed by atoms with van der Waals surface area (Å²) in [7, 11) is 0. The number of nitrogens with zero attached hydrogens (tertiary/aromatic N) is 2. The van der Waals surface area contributed by atoms with Gasteiger partial charge in [0.1, 0.15) is 10.6 Å². The van der Waals surface area contributed by atoms with Crippen LogP contribution >= 0.6 is 11.3 Å². The van der Waals surface area contributed by atoms with Crippen LogP contribution < -0.4 is 10.6 Å². The minimum absolute atomic E-state index is 0.220. The summed E-state index contributed by atoms with van der Waals surface area (Å²) in [5, 5.41) is 7.93. The highest BCUT2D eigenvalue weighted by Crippen LogP contribution is 2.31. The molecule has 21 heavy (non-hydrogen) atoms. The second-order valence-corrected chi connectivity index (χ2v) is 7.64. The van der Waals surface area contributed by atoms with Gasteiger partial charge in [-0.2, -0.15) is 4.98 Å². The minimum atomic E-state index is 0.220. The Kier molecular flexibility index (Phi) is 5.04. The molecule has 116 valence electrons. The monoisotopic (exact) mass is 306 g/mol. The Balaban J connectivity index is 2.35. The number of aryl methyl sites for hydroxylation is 1. The zero-order chi connectivity index (χ0) is 15.5. The summed E-state index contributed by atoms with van der Waals surface area (Å²) in [6.07, 6.45) is 2.11. The van der Waals surface area contributed by atoms with Crippen LogP contribution in [0.3, 0.4) is 0 Å². The summed E-state index contributed by atoms with van der Waals surface area (Å²) in [5.74, 6) is 1.68. The highest BCUT2D eigenvalue weighted by atomic mass is 32.1. The summed E-state index contributed by atoms with van der Waals surface area (Å²) >= 11 is 1.76. The van der Waals surface area contributed by atoms with Gasteiger partial charge in [0.25, 0.3) is 0 Å². The van der Waals surface area contributed by atoms with Gasteiger partial charge in [-0.15, -0.1) is 11.3 Å². The van der Waals surface area contributed by atoms with Crippen LogP contribution in [0.15, 0.2) is 6.07 Å². The fourth-order valence-corrected chi connectivity index (χ4v) is 2.91. The molecule has 0 saturated heterocycles. The molecule has 0 aliphatic heterocycles. The Morgan fingerprint density at radius 2 is 1.90 bits per heavy atom. The van der Waals surface area contributed by atoms with E-state index < -0.39 is 0 Å². The summed E-state index contributed by atoms with van der Waals surface area (Å²) in [6.45, 7) is 12.8. The lowest BCUT2D eigenvalue weighted by Crippen LogP contribution is -2.20. The quantitative estimate of drug-likeness (QED) is 0.823. The topological polar surface area (TPSA) is 49.8 Å². The molecule has 0 aromatic carbocycles. The predicted octanol–water partition coefficient (Wildman–Crippen LogP) is 4.53. The van der Waals surface area contributed by atoms with Crippen LogP contribution in [0.4, 0.5) is 11.8 Å². The number of thiophene rings is 1. The van der Waals surface area contributed by atoms with Gasteiger partial charge in [0, 0.05) is 18.0 Å². The zero-order valence-corrected chi connectivity index (χ0v) is 14.5. The van der Waals surface area contributed by atoms with Crippen molar-refractivity contribution in [3.05, 3.63) is 10.9 Å². The van der Waals surface area contributed by atoms with Crippen LogP contribution in [-0.2, 0) is 6.42 Å². The first-order valence-electron chi connectivity index (χ1n) is 7.71. The molecule has 4 nitrogen and oxygen atoms in total. The lowest BCUT2D eigenvalue weighted by Gasteiger charge is -2.19. The molecule has 2 N–H and O–H groups in total. The average molecular weight is 306 g/mol. The lowest BCUT2D eigenvalue weighted by molar-refractivity contribution is 0.442. The average Bonchev–Trinajstić information content (AvgIpc) is 2.84. The molecule has 2 rings (SSSR count). The molecule has 2 heterocycles. The summed E-state index contributed by atoms with van der Waals surface area (Å²) in [4.78, 5) is 11.7. The van der Waals surface area contributed by atoms with E-state index >= 15 is 0 Å². The second-order valence-electron chi connectivity index (χ2n) is 6.52. The van der Waals surface area contributed by atoms with Crippen molar-refractivity contribution < 1.29 is 0 Å². The van der Waals surface area contributed by atoms with Crippen LogP contribution in [-0.4, -0.2) is 23.1 Å². The van der Waals surface area contributed by atoms with Crippen molar-refractivity contribution in [3.63, 3.8) is 0 Å². The first-order chi connectivity index (χ1) is 9.93. The van der Waals surface area contributed by atoms with Crippen molar-refractivity contribution in [2.24, 2.45) is 5.41 Å². The molecule has 0 aliphatic rings. The van der Waals surface area contributed by atoms with Crippen molar-refractivity contribution in [3.8, 4) is 0 Å². The van der Waals surface area contributed by atoms with E-state index in [2.05, 4.69) is 61.3 Å². The number of nitrogens with one attached hydrogen (secondary N) is 2. The summed E-state index contributed by atoms with van der Waals surface area (Å²) in [5.41, 5.74) is 0.220. The molecule has 0 spiro atoms. The van der Waals surface area contributed by atoms with Crippen LogP contribution in [0.2, 0.25) is 0 Å². The maximum absolute atomic E-state index is 4.66. The Morgan fingerprint density at radius 1 is 1.14 bits per heavy atom. The molecule has 2 aromatic heterocycles. The van der Waals surface area contributed by atoms with Crippen LogP contribution in [0.1, 0.15) is 45.9 Å². The number of rotatable bonds is 6. The van der Waals surface area contributed by atoms with Crippen molar-refractivity contribution in [2.75, 3.05) is 23.7 Å². The molecule has 0 unspecified atom stereocenters. The van der Waals surface area contributed by atoms with Gasteiger partial charge in [0.15, 0.2) is 0 Å². The van der Waals surface area contributed by atoms with E-state index in [1.165, 1.54) is 4.88 Å². The van der Waals surface area contributed by atoms with Gasteiger partial charge in [-0.25, -0.2) is 4.98 Å². The number of hydrogen-bond donors (Lipinski definition) is 2. The fourth-order valence-electron chi connectivity index (χ4n) is 1.95. The molecule has 0 aliphatic carbocycles. The van der Waals surface area contributed by atoms with Crippen molar-refractivity contribution in [2.45, 2.75) is 47.5 Å². The molecule has 0 bridgehead atoms. The Morgan fingerprint density at radius 3 is 2.52 bits per heavy atom. The highest BCUT2D eigenvalue weighted by molar-refractivity contribution is 7.18. The zero-order valence-electron chi connectivity index (χ0n) is 13.7. The number of anilines is 2. The molecule has 0 saturated carbocycles. The van der Waals surface area contributed by atoms with Gasteiger partial charge in [0.2, 0.25) is 5.95 Å². The van der Waals surface area contributed by atoms with Gasteiger partial charge in [-0.3, -0.25) is 0 Å². The standard InChI is InChI=1S/C16H26N4S/c1-6-8-17-15-19-13(18-10-16(3,4)5)12-9-11(7-2)21-14(12)20-15/h9H,6-8,10H2,1-5H3,(H2,17,18,19,20). The van der Waals surface area contributed by atoms with E-state index in [0.29, 0.717) is 0 Å².